The van der Waals surface area contributed by atoms with E-state index in [1.807, 2.05) is 11.8 Å². The summed E-state index contributed by atoms with van der Waals surface area (Å²) in [6.45, 7) is 5.33. The first-order chi connectivity index (χ1) is 14.5. The number of fused-ring (bicyclic) bond motifs is 1. The van der Waals surface area contributed by atoms with Crippen molar-refractivity contribution in [2.75, 3.05) is 13.1 Å². The number of carbonyl (C=O) groups is 1. The van der Waals surface area contributed by atoms with E-state index < -0.39 is 0 Å². The minimum Gasteiger partial charge on any atom is -0.340 e. The first-order valence-electron chi connectivity index (χ1n) is 10.7. The molecule has 156 valence electrons. The Morgan fingerprint density at radius 2 is 2.03 bits per heavy atom. The summed E-state index contributed by atoms with van der Waals surface area (Å²) in [6.07, 6.45) is 4.21. The Balaban J connectivity index is 1.42. The molecule has 0 radical (unpaired) electrons. The van der Waals surface area contributed by atoms with Crippen LogP contribution in [0.25, 0.3) is 11.2 Å². The molecule has 0 bridgehead atoms. The van der Waals surface area contributed by atoms with Gasteiger partial charge in [-0.15, -0.1) is 5.10 Å². The molecule has 30 heavy (non-hydrogen) atoms. The lowest BCUT2D eigenvalue weighted by Gasteiger charge is -2.35. The third-order valence-corrected chi connectivity index (χ3v) is 6.51. The number of H-pyrrole nitrogens is 1. The highest BCUT2D eigenvalue weighted by molar-refractivity contribution is 5.91. The monoisotopic (exact) mass is 406 g/mol. The standard InChI is InChI=1S/C22H26N6O2/c1-3-17-23-19-18(20(29)24-17)25-26-28(19)16-5-4-12-27(13-16)21(30)22(10-11-22)15-8-6-14(2)7-9-15/h6-9,16H,3-5,10-13H2,1-2H3,(H,23,24,29)/t16-/m0/s1. The van der Waals surface area contributed by atoms with Gasteiger partial charge in [-0.05, 0) is 38.2 Å². The Hall–Kier alpha value is -3.03. The van der Waals surface area contributed by atoms with Crippen molar-refractivity contribution >= 4 is 17.1 Å². The van der Waals surface area contributed by atoms with E-state index in [1.54, 1.807) is 4.68 Å². The largest absolute Gasteiger partial charge is 0.340 e. The Labute approximate surface area is 174 Å². The van der Waals surface area contributed by atoms with Crippen LogP contribution in [0.5, 0.6) is 0 Å². The van der Waals surface area contributed by atoms with E-state index in [0.29, 0.717) is 24.4 Å². The number of aryl methyl sites for hydroxylation is 2. The van der Waals surface area contributed by atoms with Crippen molar-refractivity contribution in [3.8, 4) is 0 Å². The number of carbonyl (C=O) groups excluding carboxylic acids is 1. The minimum absolute atomic E-state index is 0.0273. The van der Waals surface area contributed by atoms with Gasteiger partial charge >= 0.3 is 0 Å². The number of amides is 1. The van der Waals surface area contributed by atoms with E-state index in [0.717, 1.165) is 37.8 Å². The van der Waals surface area contributed by atoms with E-state index in [4.69, 9.17) is 0 Å². The third-order valence-electron chi connectivity index (χ3n) is 6.51. The lowest BCUT2D eigenvalue weighted by atomic mass is 9.92. The van der Waals surface area contributed by atoms with Gasteiger partial charge in [-0.2, -0.15) is 0 Å². The SMILES string of the molecule is CCc1nc2c(nnn2[C@H]2CCCN(C(=O)C3(c4ccc(C)cc4)CC3)C2)c(=O)[nH]1. The number of nitrogens with one attached hydrogen (secondary N) is 1. The molecule has 1 saturated carbocycles. The first kappa shape index (κ1) is 19.0. The predicted octanol–water partition coefficient (Wildman–Crippen LogP) is 2.28. The van der Waals surface area contributed by atoms with Crippen molar-refractivity contribution in [2.24, 2.45) is 0 Å². The maximum absolute atomic E-state index is 13.5. The lowest BCUT2D eigenvalue weighted by Crippen LogP contribution is -2.45. The van der Waals surface area contributed by atoms with E-state index in [9.17, 15) is 9.59 Å². The molecule has 1 aliphatic carbocycles. The number of benzene rings is 1. The molecule has 3 heterocycles. The summed E-state index contributed by atoms with van der Waals surface area (Å²) >= 11 is 0. The number of nitrogens with zero attached hydrogens (tertiary/aromatic N) is 5. The van der Waals surface area contributed by atoms with Gasteiger partial charge in [0.1, 0.15) is 5.82 Å². The second kappa shape index (κ2) is 7.04. The van der Waals surface area contributed by atoms with Crippen LogP contribution in [-0.2, 0) is 16.6 Å². The molecule has 0 spiro atoms. The van der Waals surface area contributed by atoms with Gasteiger partial charge in [-0.25, -0.2) is 9.67 Å². The molecule has 8 heteroatoms. The van der Waals surface area contributed by atoms with Crippen molar-refractivity contribution in [2.45, 2.75) is 57.4 Å². The van der Waals surface area contributed by atoms with Crippen molar-refractivity contribution in [3.63, 3.8) is 0 Å². The Morgan fingerprint density at radius 1 is 1.27 bits per heavy atom. The summed E-state index contributed by atoms with van der Waals surface area (Å²) in [4.78, 5) is 35.1. The maximum Gasteiger partial charge on any atom is 0.281 e. The van der Waals surface area contributed by atoms with Crippen LogP contribution in [0.15, 0.2) is 29.1 Å². The number of aromatic amines is 1. The van der Waals surface area contributed by atoms with Gasteiger partial charge in [-0.1, -0.05) is 42.0 Å². The zero-order valence-corrected chi connectivity index (χ0v) is 17.4. The fourth-order valence-electron chi connectivity index (χ4n) is 4.56. The summed E-state index contributed by atoms with van der Waals surface area (Å²) in [5.41, 5.74) is 2.45. The molecule has 1 atom stereocenters. The Bertz CT molecular complexity index is 1160. The molecule has 8 nitrogen and oxygen atoms in total. The van der Waals surface area contributed by atoms with Gasteiger partial charge in [0.05, 0.1) is 11.5 Å². The van der Waals surface area contributed by atoms with Gasteiger partial charge in [0.25, 0.3) is 5.56 Å². The quantitative estimate of drug-likeness (QED) is 0.717. The zero-order chi connectivity index (χ0) is 20.9. The number of likely N-dealkylation sites (tertiary alicyclic amines) is 1. The number of rotatable bonds is 4. The highest BCUT2D eigenvalue weighted by Crippen LogP contribution is 2.50. The molecule has 2 aliphatic rings. The molecule has 2 aromatic heterocycles. The van der Waals surface area contributed by atoms with Crippen LogP contribution in [0, 0.1) is 6.92 Å². The fourth-order valence-corrected chi connectivity index (χ4v) is 4.56. The second-order valence-corrected chi connectivity index (χ2v) is 8.57. The average molecular weight is 406 g/mol. The fraction of sp³-hybridized carbons (Fsp3) is 0.500. The minimum atomic E-state index is -0.370. The summed E-state index contributed by atoms with van der Waals surface area (Å²) in [7, 11) is 0. The van der Waals surface area contributed by atoms with Crippen LogP contribution < -0.4 is 5.56 Å². The smallest absolute Gasteiger partial charge is 0.281 e. The molecule has 1 amide bonds. The van der Waals surface area contributed by atoms with Crippen LogP contribution in [0.1, 0.15) is 55.6 Å². The molecule has 5 rings (SSSR count). The Morgan fingerprint density at radius 3 is 2.73 bits per heavy atom. The lowest BCUT2D eigenvalue weighted by molar-refractivity contribution is -0.135. The van der Waals surface area contributed by atoms with E-state index in [1.165, 1.54) is 5.56 Å². The van der Waals surface area contributed by atoms with Crippen LogP contribution in [0.3, 0.4) is 0 Å². The molecule has 0 unspecified atom stereocenters. The van der Waals surface area contributed by atoms with Crippen molar-refractivity contribution in [1.29, 1.82) is 0 Å². The number of piperidine rings is 1. The number of hydrogen-bond acceptors (Lipinski definition) is 5. The van der Waals surface area contributed by atoms with Crippen LogP contribution in [-0.4, -0.2) is 48.9 Å². The third kappa shape index (κ3) is 3.02. The van der Waals surface area contributed by atoms with Gasteiger partial charge < -0.3 is 9.88 Å². The molecule has 1 aromatic carbocycles. The molecule has 3 aromatic rings. The average Bonchev–Trinajstić information content (AvgIpc) is 3.46. The van der Waals surface area contributed by atoms with E-state index >= 15 is 0 Å². The normalized spacial score (nSPS) is 20.5. The first-order valence-corrected chi connectivity index (χ1v) is 10.7. The topological polar surface area (TPSA) is 96.8 Å². The van der Waals surface area contributed by atoms with Crippen LogP contribution in [0.4, 0.5) is 0 Å². The summed E-state index contributed by atoms with van der Waals surface area (Å²) in [6, 6.07) is 8.32. The number of hydrogen-bond donors (Lipinski definition) is 1. The van der Waals surface area contributed by atoms with E-state index in [-0.39, 0.29) is 28.4 Å². The summed E-state index contributed by atoms with van der Waals surface area (Å²) in [5, 5.41) is 8.30. The van der Waals surface area contributed by atoms with Crippen LogP contribution in [0.2, 0.25) is 0 Å². The van der Waals surface area contributed by atoms with Crippen LogP contribution >= 0.6 is 0 Å². The van der Waals surface area contributed by atoms with Gasteiger partial charge in [-0.3, -0.25) is 9.59 Å². The molecule has 1 aliphatic heterocycles. The molecule has 2 fully saturated rings. The molecule has 1 N–H and O–H groups in total. The van der Waals surface area contributed by atoms with Crippen molar-refractivity contribution in [3.05, 3.63) is 51.6 Å². The van der Waals surface area contributed by atoms with Crippen molar-refractivity contribution in [1.82, 2.24) is 29.9 Å². The number of aromatic nitrogens is 5. The van der Waals surface area contributed by atoms with Gasteiger partial charge in [0.15, 0.2) is 11.2 Å². The highest BCUT2D eigenvalue weighted by atomic mass is 16.2. The zero-order valence-electron chi connectivity index (χ0n) is 17.4. The van der Waals surface area contributed by atoms with Gasteiger partial charge in [0.2, 0.25) is 5.91 Å². The molecule has 1 saturated heterocycles. The highest BCUT2D eigenvalue weighted by Gasteiger charge is 2.53. The predicted molar refractivity (Wildman–Crippen MR) is 112 cm³/mol. The summed E-state index contributed by atoms with van der Waals surface area (Å²) < 4.78 is 1.74. The van der Waals surface area contributed by atoms with E-state index in [2.05, 4.69) is 51.5 Å². The van der Waals surface area contributed by atoms with Gasteiger partial charge in [0, 0.05) is 19.5 Å². The molecular weight excluding hydrogens is 380 g/mol. The van der Waals surface area contributed by atoms with Crippen molar-refractivity contribution < 1.29 is 4.79 Å². The second-order valence-electron chi connectivity index (χ2n) is 8.57. The molecular formula is C22H26N6O2. The Kier molecular flexibility index (Phi) is 4.45. The summed E-state index contributed by atoms with van der Waals surface area (Å²) in [5.74, 6) is 0.830. The maximum atomic E-state index is 13.5.